The van der Waals surface area contributed by atoms with Crippen molar-refractivity contribution < 1.29 is 31.3 Å². The van der Waals surface area contributed by atoms with Crippen molar-refractivity contribution in [3.63, 3.8) is 0 Å². The Balaban J connectivity index is 0.000000403. The van der Waals surface area contributed by atoms with Crippen molar-refractivity contribution in [3.8, 4) is 11.5 Å². The quantitative estimate of drug-likeness (QED) is 0.559. The van der Waals surface area contributed by atoms with E-state index in [9.17, 15) is 10.2 Å². The van der Waals surface area contributed by atoms with Gasteiger partial charge in [0.15, 0.2) is 0 Å². The van der Waals surface area contributed by atoms with Gasteiger partial charge in [0.1, 0.15) is 0 Å². The average molecular weight is 532 g/mol. The van der Waals surface area contributed by atoms with Gasteiger partial charge in [0, 0.05) is 36.6 Å². The van der Waals surface area contributed by atoms with Crippen LogP contribution >= 0.6 is 23.2 Å². The molecule has 0 unspecified atom stereocenters. The van der Waals surface area contributed by atoms with Crippen molar-refractivity contribution in [1.29, 1.82) is 0 Å². The second-order valence-corrected chi connectivity index (χ2v) is 5.01. The van der Waals surface area contributed by atoms with E-state index in [1.165, 1.54) is 24.6 Å². The van der Waals surface area contributed by atoms with Gasteiger partial charge in [0.2, 0.25) is 0 Å². The largest absolute Gasteiger partial charge is 2.00 e. The maximum atomic E-state index is 11.1. The molecule has 124 valence electrons. The summed E-state index contributed by atoms with van der Waals surface area (Å²) >= 11 is 11.1. The van der Waals surface area contributed by atoms with Gasteiger partial charge in [-0.3, -0.25) is 9.98 Å². The predicted molar refractivity (Wildman–Crippen MR) is 88.8 cm³/mol. The van der Waals surface area contributed by atoms with E-state index in [0.717, 1.165) is 0 Å². The van der Waals surface area contributed by atoms with Crippen LogP contribution < -0.4 is 10.2 Å². The fourth-order valence-corrected chi connectivity index (χ4v) is 1.83. The van der Waals surface area contributed by atoms with Crippen LogP contribution in [0.5, 0.6) is 11.5 Å². The fraction of sp³-hybridized carbons (Fsp3) is 0.125. The molecule has 2 aromatic carbocycles. The molecule has 0 spiro atoms. The van der Waals surface area contributed by atoms with Crippen LogP contribution in [0.25, 0.3) is 0 Å². The number of halogens is 2. The Labute approximate surface area is 159 Å². The van der Waals surface area contributed by atoms with Crippen LogP contribution in [0.4, 0.5) is 0 Å². The van der Waals surface area contributed by atoms with E-state index in [0.29, 0.717) is 21.2 Å². The third-order valence-electron chi connectivity index (χ3n) is 2.49. The molecule has 2 aromatic rings. The number of benzene rings is 2. The zero-order valence-corrected chi connectivity index (χ0v) is 16.2. The normalized spacial score (nSPS) is 10.3. The molecule has 0 aromatic heterocycles. The first kappa shape index (κ1) is 21.6. The predicted octanol–water partition coefficient (Wildman–Crippen LogP) is 2.92. The Morgan fingerprint density at radius 2 is 1.13 bits per heavy atom. The molecule has 23 heavy (non-hydrogen) atoms. The Bertz CT molecular complexity index is 632. The number of hydrogen-bond acceptors (Lipinski definition) is 4. The summed E-state index contributed by atoms with van der Waals surface area (Å²) in [6.45, 7) is 0. The molecule has 0 heterocycles. The molecule has 0 fully saturated rings. The number of nitrogens with zero attached hydrogens (tertiary/aromatic N) is 2. The van der Waals surface area contributed by atoms with E-state index in [2.05, 4.69) is 9.98 Å². The maximum absolute atomic E-state index is 11.1. The van der Waals surface area contributed by atoms with Crippen LogP contribution in [0.2, 0.25) is 10.0 Å². The molecule has 2 rings (SSSR count). The smallest absolute Gasteiger partial charge is 0.872 e. The molecule has 0 radical (unpaired) electrons. The molecular formula is C16H14Cl2N2O2Pt. The van der Waals surface area contributed by atoms with Crippen molar-refractivity contribution in [1.82, 2.24) is 0 Å². The minimum absolute atomic E-state index is 0. The average Bonchev–Trinajstić information content (AvgIpc) is 2.46. The molecule has 0 atom stereocenters. The summed E-state index contributed by atoms with van der Waals surface area (Å²) in [5.41, 5.74) is 1.13. The number of aliphatic imine (C=N–C) groups is 2. The van der Waals surface area contributed by atoms with Gasteiger partial charge >= 0.3 is 21.1 Å². The molecule has 0 N–H and O–H groups in total. The molecule has 7 heteroatoms. The van der Waals surface area contributed by atoms with E-state index in [-0.39, 0.29) is 32.6 Å². The first-order chi connectivity index (χ1) is 10.5. The summed E-state index contributed by atoms with van der Waals surface area (Å²) in [6, 6.07) is 9.38. The molecule has 0 amide bonds. The van der Waals surface area contributed by atoms with Gasteiger partial charge in [-0.15, -0.1) is 0 Å². The number of rotatable bonds is 2. The zero-order valence-electron chi connectivity index (χ0n) is 12.4. The minimum Gasteiger partial charge on any atom is -0.872 e. The molecule has 0 aliphatic heterocycles. The SMILES string of the molecule is CN=Cc1ccc(Cl)cc1[O-].CN=Cc1ccc(Cl)cc1[O-].[Pt+2]. The second kappa shape index (κ2) is 11.2. The van der Waals surface area contributed by atoms with Gasteiger partial charge < -0.3 is 10.2 Å². The van der Waals surface area contributed by atoms with E-state index in [1.54, 1.807) is 38.4 Å². The topological polar surface area (TPSA) is 70.8 Å². The molecule has 0 saturated heterocycles. The molecule has 0 saturated carbocycles. The zero-order chi connectivity index (χ0) is 16.5. The Hall–Kier alpha value is -1.35. The first-order valence-corrected chi connectivity index (χ1v) is 7.01. The summed E-state index contributed by atoms with van der Waals surface area (Å²) in [4.78, 5) is 7.46. The van der Waals surface area contributed by atoms with Gasteiger partial charge in [-0.1, -0.05) is 59.0 Å². The molecule has 0 aliphatic rings. The summed E-state index contributed by atoms with van der Waals surface area (Å²) in [6.07, 6.45) is 3.03. The van der Waals surface area contributed by atoms with Crippen molar-refractivity contribution in [3.05, 3.63) is 57.6 Å². The van der Waals surface area contributed by atoms with Crippen molar-refractivity contribution in [2.75, 3.05) is 14.1 Å². The third-order valence-corrected chi connectivity index (χ3v) is 2.96. The van der Waals surface area contributed by atoms with Gasteiger partial charge in [0.25, 0.3) is 0 Å². The molecule has 4 nitrogen and oxygen atoms in total. The summed E-state index contributed by atoms with van der Waals surface area (Å²) in [7, 11) is 3.24. The molecule has 0 bridgehead atoms. The molecular weight excluding hydrogens is 518 g/mol. The maximum Gasteiger partial charge on any atom is 2.00 e. The van der Waals surface area contributed by atoms with E-state index < -0.39 is 0 Å². The van der Waals surface area contributed by atoms with Crippen LogP contribution in [0.15, 0.2) is 46.4 Å². The van der Waals surface area contributed by atoms with E-state index in [1.807, 2.05) is 0 Å². The van der Waals surface area contributed by atoms with Gasteiger partial charge in [-0.2, -0.15) is 0 Å². The Morgan fingerprint density at radius 1 is 0.783 bits per heavy atom. The Kier molecular flexibility index (Phi) is 10.6. The van der Waals surface area contributed by atoms with Crippen LogP contribution in [0.3, 0.4) is 0 Å². The van der Waals surface area contributed by atoms with Gasteiger partial charge in [-0.05, 0) is 23.3 Å². The van der Waals surface area contributed by atoms with Crippen molar-refractivity contribution in [2.24, 2.45) is 9.98 Å². The number of hydrogen-bond donors (Lipinski definition) is 0. The minimum atomic E-state index is -0.0944. The van der Waals surface area contributed by atoms with Gasteiger partial charge in [0.05, 0.1) is 0 Å². The van der Waals surface area contributed by atoms with Crippen molar-refractivity contribution in [2.45, 2.75) is 0 Å². The standard InChI is InChI=1S/2C8H8ClNO.Pt/c2*1-10-5-6-2-3-7(9)4-8(6)11;/h2*2-5,11H,1H3;/q;;+2/p-2. The Morgan fingerprint density at radius 3 is 1.39 bits per heavy atom. The summed E-state index contributed by atoms with van der Waals surface area (Å²) in [5.74, 6) is -0.189. The second-order valence-electron chi connectivity index (χ2n) is 4.14. The monoisotopic (exact) mass is 531 g/mol. The van der Waals surface area contributed by atoms with Crippen LogP contribution in [0, 0.1) is 0 Å². The fourth-order valence-electron chi connectivity index (χ4n) is 1.51. The molecule has 0 aliphatic carbocycles. The van der Waals surface area contributed by atoms with Crippen LogP contribution in [-0.2, 0) is 21.1 Å². The van der Waals surface area contributed by atoms with Crippen molar-refractivity contribution >= 4 is 35.6 Å². The summed E-state index contributed by atoms with van der Waals surface area (Å²) in [5, 5.41) is 23.0. The van der Waals surface area contributed by atoms with E-state index in [4.69, 9.17) is 23.2 Å². The first-order valence-electron chi connectivity index (χ1n) is 6.25. The van der Waals surface area contributed by atoms with Crippen LogP contribution in [0.1, 0.15) is 11.1 Å². The van der Waals surface area contributed by atoms with Crippen LogP contribution in [-0.4, -0.2) is 26.5 Å². The van der Waals surface area contributed by atoms with Gasteiger partial charge in [-0.25, -0.2) is 0 Å². The van der Waals surface area contributed by atoms with E-state index >= 15 is 0 Å². The summed E-state index contributed by atoms with van der Waals surface area (Å²) < 4.78 is 0. The third kappa shape index (κ3) is 7.64.